The standard InChI is InChI=1S/C9H8O5S/c1-15(10,11)14-7-2-3-8-9(6-7)13-5-4-12-8/h2-6H,1H3. The molecule has 0 spiro atoms. The second-order valence-corrected chi connectivity index (χ2v) is 4.48. The fraction of sp³-hybridized carbons (Fsp3) is 0.111. The smallest absolute Gasteiger partial charge is 0.306 e. The molecule has 15 heavy (non-hydrogen) atoms. The SMILES string of the molecule is CS(=O)(=O)Oc1ccc2c(c1)OC=CO2. The van der Waals surface area contributed by atoms with Crippen LogP contribution in [0.25, 0.3) is 0 Å². The summed E-state index contributed by atoms with van der Waals surface area (Å²) in [4.78, 5) is 0. The Morgan fingerprint density at radius 2 is 1.80 bits per heavy atom. The maximum absolute atomic E-state index is 10.9. The number of benzene rings is 1. The van der Waals surface area contributed by atoms with Gasteiger partial charge in [-0.15, -0.1) is 0 Å². The van der Waals surface area contributed by atoms with Crippen molar-refractivity contribution in [3.8, 4) is 17.2 Å². The molecule has 1 aromatic carbocycles. The monoisotopic (exact) mass is 228 g/mol. The minimum atomic E-state index is -3.52. The van der Waals surface area contributed by atoms with Crippen molar-refractivity contribution in [3.63, 3.8) is 0 Å². The van der Waals surface area contributed by atoms with Crippen molar-refractivity contribution in [2.45, 2.75) is 0 Å². The van der Waals surface area contributed by atoms with Crippen molar-refractivity contribution in [1.29, 1.82) is 0 Å². The highest BCUT2D eigenvalue weighted by Crippen LogP contribution is 2.34. The van der Waals surface area contributed by atoms with E-state index in [0.29, 0.717) is 11.5 Å². The Bertz CT molecular complexity index is 503. The van der Waals surface area contributed by atoms with E-state index < -0.39 is 10.1 Å². The highest BCUT2D eigenvalue weighted by Gasteiger charge is 2.11. The van der Waals surface area contributed by atoms with Gasteiger partial charge in [-0.25, -0.2) is 0 Å². The Kier molecular flexibility index (Phi) is 2.28. The third kappa shape index (κ3) is 2.41. The lowest BCUT2D eigenvalue weighted by Gasteiger charge is -2.12. The summed E-state index contributed by atoms with van der Waals surface area (Å²) in [5.41, 5.74) is 0. The van der Waals surface area contributed by atoms with Gasteiger partial charge >= 0.3 is 10.1 Å². The minimum Gasteiger partial charge on any atom is -0.458 e. The van der Waals surface area contributed by atoms with Gasteiger partial charge in [0.2, 0.25) is 0 Å². The van der Waals surface area contributed by atoms with Crippen LogP contribution in [0.5, 0.6) is 17.2 Å². The van der Waals surface area contributed by atoms with E-state index in [1.807, 2.05) is 0 Å². The van der Waals surface area contributed by atoms with Gasteiger partial charge < -0.3 is 13.7 Å². The molecular weight excluding hydrogens is 220 g/mol. The van der Waals surface area contributed by atoms with Crippen LogP contribution in [-0.2, 0) is 10.1 Å². The molecule has 6 heteroatoms. The summed E-state index contributed by atoms with van der Waals surface area (Å²) >= 11 is 0. The van der Waals surface area contributed by atoms with Crippen molar-refractivity contribution >= 4 is 10.1 Å². The summed E-state index contributed by atoms with van der Waals surface area (Å²) in [6.07, 6.45) is 3.72. The summed E-state index contributed by atoms with van der Waals surface area (Å²) in [5, 5.41) is 0. The number of rotatable bonds is 2. The molecule has 0 bridgehead atoms. The molecule has 1 aliphatic rings. The van der Waals surface area contributed by atoms with E-state index in [1.54, 1.807) is 6.07 Å². The number of hydrogen-bond donors (Lipinski definition) is 0. The quantitative estimate of drug-likeness (QED) is 0.713. The normalized spacial score (nSPS) is 13.7. The van der Waals surface area contributed by atoms with Crippen LogP contribution in [-0.4, -0.2) is 14.7 Å². The summed E-state index contributed by atoms with van der Waals surface area (Å²) in [6.45, 7) is 0. The van der Waals surface area contributed by atoms with Gasteiger partial charge in [0, 0.05) is 6.07 Å². The zero-order chi connectivity index (χ0) is 10.9. The van der Waals surface area contributed by atoms with Crippen molar-refractivity contribution in [1.82, 2.24) is 0 Å². The van der Waals surface area contributed by atoms with Crippen molar-refractivity contribution in [2.75, 3.05) is 6.26 Å². The van der Waals surface area contributed by atoms with Crippen LogP contribution < -0.4 is 13.7 Å². The number of ether oxygens (including phenoxy) is 2. The second kappa shape index (κ2) is 3.47. The van der Waals surface area contributed by atoms with Gasteiger partial charge in [0.05, 0.1) is 6.26 Å². The first-order valence-electron chi connectivity index (χ1n) is 4.06. The van der Waals surface area contributed by atoms with Crippen LogP contribution in [0.4, 0.5) is 0 Å². The van der Waals surface area contributed by atoms with Crippen LogP contribution >= 0.6 is 0 Å². The summed E-state index contributed by atoms with van der Waals surface area (Å²) < 4.78 is 36.6. The topological polar surface area (TPSA) is 61.8 Å². The van der Waals surface area contributed by atoms with Gasteiger partial charge in [-0.05, 0) is 12.1 Å². The Morgan fingerprint density at radius 1 is 1.13 bits per heavy atom. The lowest BCUT2D eigenvalue weighted by atomic mass is 10.3. The summed E-state index contributed by atoms with van der Waals surface area (Å²) in [5.74, 6) is 1.12. The van der Waals surface area contributed by atoms with Gasteiger partial charge in [-0.2, -0.15) is 8.42 Å². The maximum Gasteiger partial charge on any atom is 0.306 e. The molecule has 0 atom stereocenters. The lowest BCUT2D eigenvalue weighted by Crippen LogP contribution is -2.06. The van der Waals surface area contributed by atoms with Gasteiger partial charge in [0.15, 0.2) is 11.5 Å². The van der Waals surface area contributed by atoms with E-state index in [1.165, 1.54) is 24.7 Å². The van der Waals surface area contributed by atoms with E-state index in [2.05, 4.69) is 4.18 Å². The van der Waals surface area contributed by atoms with Crippen molar-refractivity contribution in [2.24, 2.45) is 0 Å². The third-order valence-corrected chi connectivity index (χ3v) is 2.10. The zero-order valence-corrected chi connectivity index (χ0v) is 8.65. The van der Waals surface area contributed by atoms with Gasteiger partial charge in [0.1, 0.15) is 18.3 Å². The first-order valence-corrected chi connectivity index (χ1v) is 5.88. The molecule has 0 aliphatic carbocycles. The molecule has 0 radical (unpaired) electrons. The highest BCUT2D eigenvalue weighted by molar-refractivity contribution is 7.86. The largest absolute Gasteiger partial charge is 0.458 e. The van der Waals surface area contributed by atoms with E-state index in [4.69, 9.17) is 9.47 Å². The molecule has 0 amide bonds. The first-order chi connectivity index (χ1) is 7.04. The predicted octanol–water partition coefficient (Wildman–Crippen LogP) is 1.27. The molecular formula is C9H8O5S. The third-order valence-electron chi connectivity index (χ3n) is 1.61. The fourth-order valence-corrected chi connectivity index (χ4v) is 1.56. The van der Waals surface area contributed by atoms with Crippen LogP contribution in [0.15, 0.2) is 30.7 Å². The lowest BCUT2D eigenvalue weighted by molar-refractivity contribution is 0.360. The average Bonchev–Trinajstić information content (AvgIpc) is 2.15. The molecule has 1 heterocycles. The van der Waals surface area contributed by atoms with Gasteiger partial charge in [-0.3, -0.25) is 0 Å². The van der Waals surface area contributed by atoms with E-state index in [0.717, 1.165) is 6.26 Å². The number of fused-ring (bicyclic) bond motifs is 1. The predicted molar refractivity (Wildman–Crippen MR) is 52.3 cm³/mol. The van der Waals surface area contributed by atoms with E-state index in [-0.39, 0.29) is 5.75 Å². The Hall–Kier alpha value is -1.69. The van der Waals surface area contributed by atoms with E-state index >= 15 is 0 Å². The van der Waals surface area contributed by atoms with Crippen LogP contribution in [0.3, 0.4) is 0 Å². The second-order valence-electron chi connectivity index (χ2n) is 2.90. The molecule has 1 aromatic rings. The average molecular weight is 228 g/mol. The Labute approximate surface area is 87.0 Å². The van der Waals surface area contributed by atoms with Crippen LogP contribution in [0, 0.1) is 0 Å². The molecule has 0 aromatic heterocycles. The van der Waals surface area contributed by atoms with Gasteiger partial charge in [0.25, 0.3) is 0 Å². The number of hydrogen-bond acceptors (Lipinski definition) is 5. The fourth-order valence-electron chi connectivity index (χ4n) is 1.11. The molecule has 80 valence electrons. The van der Waals surface area contributed by atoms with Crippen LogP contribution in [0.1, 0.15) is 0 Å². The molecule has 2 rings (SSSR count). The molecule has 1 aliphatic heterocycles. The zero-order valence-electron chi connectivity index (χ0n) is 7.84. The van der Waals surface area contributed by atoms with Crippen molar-refractivity contribution < 1.29 is 22.1 Å². The van der Waals surface area contributed by atoms with Gasteiger partial charge in [-0.1, -0.05) is 0 Å². The summed E-state index contributed by atoms with van der Waals surface area (Å²) in [6, 6.07) is 4.50. The molecule has 0 unspecified atom stereocenters. The summed E-state index contributed by atoms with van der Waals surface area (Å²) in [7, 11) is -3.52. The minimum absolute atomic E-state index is 0.190. The molecule has 5 nitrogen and oxygen atoms in total. The van der Waals surface area contributed by atoms with Crippen LogP contribution in [0.2, 0.25) is 0 Å². The van der Waals surface area contributed by atoms with Crippen molar-refractivity contribution in [3.05, 3.63) is 30.7 Å². The molecule has 0 saturated carbocycles. The molecule has 0 saturated heterocycles. The Balaban J connectivity index is 2.30. The Morgan fingerprint density at radius 3 is 2.47 bits per heavy atom. The first kappa shape index (κ1) is 9.85. The molecule has 0 fully saturated rings. The highest BCUT2D eigenvalue weighted by atomic mass is 32.2. The van der Waals surface area contributed by atoms with E-state index in [9.17, 15) is 8.42 Å². The molecule has 0 N–H and O–H groups in total. The maximum atomic E-state index is 10.9.